The fraction of sp³-hybridized carbons (Fsp3) is 0.385. The topological polar surface area (TPSA) is 37.8 Å². The van der Waals surface area contributed by atoms with E-state index in [0.29, 0.717) is 5.92 Å². The van der Waals surface area contributed by atoms with Gasteiger partial charge < -0.3 is 5.32 Å². The third-order valence-corrected chi connectivity index (χ3v) is 3.48. The van der Waals surface area contributed by atoms with Crippen LogP contribution in [0.15, 0.2) is 18.2 Å². The summed E-state index contributed by atoms with van der Waals surface area (Å²) in [7, 11) is 0. The first-order chi connectivity index (χ1) is 8.24. The predicted molar refractivity (Wildman–Crippen MR) is 69.5 cm³/mol. The number of nitrogens with zero attached hydrogens (tertiary/aromatic N) is 2. The average Bonchev–Trinajstić information content (AvgIpc) is 2.80. The van der Waals surface area contributed by atoms with Crippen LogP contribution in [0.5, 0.6) is 0 Å². The largest absolute Gasteiger partial charge is 0.316 e. The molecule has 88 valence electrons. The van der Waals surface area contributed by atoms with E-state index in [4.69, 9.17) is 11.6 Å². The van der Waals surface area contributed by atoms with E-state index < -0.39 is 0 Å². The minimum absolute atomic E-state index is 0.500. The van der Waals surface area contributed by atoms with Crippen molar-refractivity contribution in [3.05, 3.63) is 34.7 Å². The van der Waals surface area contributed by atoms with Gasteiger partial charge >= 0.3 is 0 Å². The van der Waals surface area contributed by atoms with Gasteiger partial charge in [-0.25, -0.2) is 9.97 Å². The fourth-order valence-corrected chi connectivity index (χ4v) is 2.61. The van der Waals surface area contributed by atoms with Crippen LogP contribution in [0, 0.1) is 6.92 Å². The van der Waals surface area contributed by atoms with Crippen molar-refractivity contribution in [1.82, 2.24) is 15.3 Å². The van der Waals surface area contributed by atoms with Crippen LogP contribution < -0.4 is 5.32 Å². The Bertz CT molecular complexity index is 557. The molecule has 2 heterocycles. The normalized spacial score (nSPS) is 20.0. The van der Waals surface area contributed by atoms with Gasteiger partial charge in [-0.3, -0.25) is 0 Å². The first-order valence-corrected chi connectivity index (χ1v) is 6.26. The molecule has 1 N–H and O–H groups in total. The molecule has 1 aliphatic rings. The van der Waals surface area contributed by atoms with Crippen LogP contribution in [0.2, 0.25) is 5.02 Å². The van der Waals surface area contributed by atoms with E-state index in [-0.39, 0.29) is 0 Å². The van der Waals surface area contributed by atoms with Gasteiger partial charge in [0.15, 0.2) is 0 Å². The molecule has 0 saturated carbocycles. The second-order valence-corrected chi connectivity index (χ2v) is 4.94. The highest BCUT2D eigenvalue weighted by Gasteiger charge is 2.21. The number of fused-ring (bicyclic) bond motifs is 1. The summed E-state index contributed by atoms with van der Waals surface area (Å²) in [5.74, 6) is 1.32. The van der Waals surface area contributed by atoms with Crippen LogP contribution in [-0.2, 0) is 0 Å². The molecule has 1 aliphatic heterocycles. The molecular weight excluding hydrogens is 234 g/mol. The lowest BCUT2D eigenvalue weighted by Crippen LogP contribution is -2.10. The molecule has 0 radical (unpaired) electrons. The fourth-order valence-electron chi connectivity index (χ4n) is 2.45. The summed E-state index contributed by atoms with van der Waals surface area (Å²) in [6, 6.07) is 5.86. The Labute approximate surface area is 105 Å². The molecule has 0 bridgehead atoms. The smallest absolute Gasteiger partial charge is 0.126 e. The Balaban J connectivity index is 2.21. The van der Waals surface area contributed by atoms with E-state index >= 15 is 0 Å². The quantitative estimate of drug-likeness (QED) is 0.842. The number of hydrogen-bond acceptors (Lipinski definition) is 3. The van der Waals surface area contributed by atoms with Gasteiger partial charge in [0.1, 0.15) is 5.82 Å². The SMILES string of the molecule is Cc1nc(C2CCNC2)c2ccc(Cl)cc2n1. The van der Waals surface area contributed by atoms with Gasteiger partial charge in [-0.05, 0) is 38.1 Å². The molecule has 17 heavy (non-hydrogen) atoms. The maximum absolute atomic E-state index is 6.01. The van der Waals surface area contributed by atoms with Crippen molar-refractivity contribution in [2.24, 2.45) is 0 Å². The Morgan fingerprint density at radius 1 is 1.35 bits per heavy atom. The van der Waals surface area contributed by atoms with Gasteiger partial charge in [0.2, 0.25) is 0 Å². The van der Waals surface area contributed by atoms with Gasteiger partial charge in [0.05, 0.1) is 11.2 Å². The van der Waals surface area contributed by atoms with Gasteiger partial charge in [0, 0.05) is 22.9 Å². The molecule has 2 aromatic rings. The van der Waals surface area contributed by atoms with Crippen LogP contribution in [-0.4, -0.2) is 23.1 Å². The molecule has 0 amide bonds. The molecular formula is C13H14ClN3. The second kappa shape index (κ2) is 4.24. The maximum Gasteiger partial charge on any atom is 0.126 e. The van der Waals surface area contributed by atoms with Crippen LogP contribution in [0.1, 0.15) is 23.9 Å². The van der Waals surface area contributed by atoms with E-state index in [2.05, 4.69) is 15.3 Å². The standard InChI is InChI=1S/C13H14ClN3/c1-8-16-12-6-10(14)2-3-11(12)13(17-8)9-4-5-15-7-9/h2-3,6,9,15H,4-5,7H2,1H3. The van der Waals surface area contributed by atoms with E-state index in [1.54, 1.807) is 0 Å². The van der Waals surface area contributed by atoms with Crippen LogP contribution in [0.25, 0.3) is 10.9 Å². The first kappa shape index (κ1) is 10.9. The zero-order valence-electron chi connectivity index (χ0n) is 9.70. The molecule has 0 spiro atoms. The molecule has 1 saturated heterocycles. The molecule has 1 unspecified atom stereocenters. The van der Waals surface area contributed by atoms with Crippen molar-refractivity contribution < 1.29 is 0 Å². The monoisotopic (exact) mass is 247 g/mol. The second-order valence-electron chi connectivity index (χ2n) is 4.51. The van der Waals surface area contributed by atoms with Crippen molar-refractivity contribution in [3.8, 4) is 0 Å². The van der Waals surface area contributed by atoms with Crippen molar-refractivity contribution in [2.75, 3.05) is 13.1 Å². The summed E-state index contributed by atoms with van der Waals surface area (Å²) >= 11 is 6.01. The third-order valence-electron chi connectivity index (χ3n) is 3.25. The summed E-state index contributed by atoms with van der Waals surface area (Å²) in [5.41, 5.74) is 2.11. The van der Waals surface area contributed by atoms with Crippen LogP contribution in [0.4, 0.5) is 0 Å². The number of halogens is 1. The Morgan fingerprint density at radius 3 is 3.00 bits per heavy atom. The Kier molecular flexibility index (Phi) is 2.73. The third kappa shape index (κ3) is 2.01. The number of nitrogens with one attached hydrogen (secondary N) is 1. The van der Waals surface area contributed by atoms with E-state index in [9.17, 15) is 0 Å². The lowest BCUT2D eigenvalue weighted by molar-refractivity contribution is 0.735. The van der Waals surface area contributed by atoms with Crippen molar-refractivity contribution >= 4 is 22.5 Å². The average molecular weight is 248 g/mol. The number of benzene rings is 1. The molecule has 1 aromatic heterocycles. The van der Waals surface area contributed by atoms with Crippen molar-refractivity contribution in [1.29, 1.82) is 0 Å². The highest BCUT2D eigenvalue weighted by Crippen LogP contribution is 2.28. The van der Waals surface area contributed by atoms with Crippen LogP contribution >= 0.6 is 11.6 Å². The molecule has 1 atom stereocenters. The van der Waals surface area contributed by atoms with Gasteiger partial charge in [-0.1, -0.05) is 11.6 Å². The predicted octanol–water partition coefficient (Wildman–Crippen LogP) is 2.67. The number of hydrogen-bond donors (Lipinski definition) is 1. The molecule has 1 aromatic carbocycles. The number of aryl methyl sites for hydroxylation is 1. The first-order valence-electron chi connectivity index (χ1n) is 5.88. The molecule has 3 nitrogen and oxygen atoms in total. The van der Waals surface area contributed by atoms with Crippen molar-refractivity contribution in [2.45, 2.75) is 19.3 Å². The summed E-state index contributed by atoms with van der Waals surface area (Å²) in [6.45, 7) is 4.02. The molecule has 0 aliphatic carbocycles. The van der Waals surface area contributed by atoms with Crippen molar-refractivity contribution in [3.63, 3.8) is 0 Å². The van der Waals surface area contributed by atoms with E-state index in [1.807, 2.05) is 25.1 Å². The highest BCUT2D eigenvalue weighted by molar-refractivity contribution is 6.31. The highest BCUT2D eigenvalue weighted by atomic mass is 35.5. The van der Waals surface area contributed by atoms with Gasteiger partial charge in [-0.15, -0.1) is 0 Å². The molecule has 1 fully saturated rings. The molecule has 3 rings (SSSR count). The lowest BCUT2D eigenvalue weighted by Gasteiger charge is -2.12. The van der Waals surface area contributed by atoms with Gasteiger partial charge in [0.25, 0.3) is 0 Å². The minimum Gasteiger partial charge on any atom is -0.316 e. The Hall–Kier alpha value is -1.19. The number of aromatic nitrogens is 2. The molecule has 4 heteroatoms. The zero-order chi connectivity index (χ0) is 11.8. The Morgan fingerprint density at radius 2 is 2.24 bits per heavy atom. The summed E-state index contributed by atoms with van der Waals surface area (Å²) in [6.07, 6.45) is 1.15. The van der Waals surface area contributed by atoms with Gasteiger partial charge in [-0.2, -0.15) is 0 Å². The summed E-state index contributed by atoms with van der Waals surface area (Å²) in [5, 5.41) is 5.24. The maximum atomic E-state index is 6.01. The minimum atomic E-state index is 0.500. The van der Waals surface area contributed by atoms with E-state index in [0.717, 1.165) is 47.0 Å². The number of rotatable bonds is 1. The van der Waals surface area contributed by atoms with Crippen LogP contribution in [0.3, 0.4) is 0 Å². The zero-order valence-corrected chi connectivity index (χ0v) is 10.5. The summed E-state index contributed by atoms with van der Waals surface area (Å²) in [4.78, 5) is 9.07. The van der Waals surface area contributed by atoms with E-state index in [1.165, 1.54) is 0 Å². The summed E-state index contributed by atoms with van der Waals surface area (Å²) < 4.78 is 0. The lowest BCUT2D eigenvalue weighted by atomic mass is 10.00.